The molecule has 16 heavy (non-hydrogen) atoms. The van der Waals surface area contributed by atoms with Crippen molar-refractivity contribution in [3.63, 3.8) is 0 Å². The van der Waals surface area contributed by atoms with Gasteiger partial charge in [0.15, 0.2) is 5.95 Å². The Morgan fingerprint density at radius 2 is 1.88 bits per heavy atom. The number of halogens is 3. The summed E-state index contributed by atoms with van der Waals surface area (Å²) >= 11 is 0. The topological polar surface area (TPSA) is 67.6 Å². The van der Waals surface area contributed by atoms with E-state index in [9.17, 15) is 13.2 Å². The maximum Gasteiger partial charge on any atom is 0.433 e. The Hall–Kier alpha value is -2.05. The van der Waals surface area contributed by atoms with Gasteiger partial charge in [-0.05, 0) is 12.1 Å². The van der Waals surface area contributed by atoms with Crippen LogP contribution in [0.2, 0.25) is 0 Å². The molecule has 0 aromatic carbocycles. The number of alkyl halides is 3. The van der Waals surface area contributed by atoms with Gasteiger partial charge in [0.25, 0.3) is 0 Å². The van der Waals surface area contributed by atoms with Crippen molar-refractivity contribution < 1.29 is 13.2 Å². The fourth-order valence-electron chi connectivity index (χ4n) is 1.20. The second-order valence-electron chi connectivity index (χ2n) is 3.11. The monoisotopic (exact) mass is 228 g/mol. The van der Waals surface area contributed by atoms with Gasteiger partial charge in [-0.25, -0.2) is 4.98 Å². The first kappa shape index (κ1) is 10.5. The van der Waals surface area contributed by atoms with Crippen LogP contribution in [0.3, 0.4) is 0 Å². The van der Waals surface area contributed by atoms with Crippen molar-refractivity contribution >= 4 is 5.95 Å². The van der Waals surface area contributed by atoms with Crippen LogP contribution in [-0.4, -0.2) is 15.0 Å². The molecule has 7 heteroatoms. The van der Waals surface area contributed by atoms with E-state index in [2.05, 4.69) is 15.0 Å². The molecule has 4 nitrogen and oxygen atoms in total. The SMILES string of the molecule is Nc1ncc(-c2ccc(C(F)(F)F)nc2)[nH]1. The first-order valence-corrected chi connectivity index (χ1v) is 4.31. The van der Waals surface area contributed by atoms with Gasteiger partial charge in [0.2, 0.25) is 0 Å². The lowest BCUT2D eigenvalue weighted by molar-refractivity contribution is -0.141. The number of anilines is 1. The van der Waals surface area contributed by atoms with Gasteiger partial charge in [-0.2, -0.15) is 13.2 Å². The number of nitrogen functional groups attached to an aromatic ring is 1. The van der Waals surface area contributed by atoms with Gasteiger partial charge in [-0.3, -0.25) is 4.98 Å². The number of aromatic nitrogens is 3. The standard InChI is InChI=1S/C9H7F3N4/c10-9(11,12)7-2-1-5(3-14-7)6-4-15-8(13)16-6/h1-4H,(H3,13,15,16). The van der Waals surface area contributed by atoms with Crippen LogP contribution in [0.5, 0.6) is 0 Å². The Morgan fingerprint density at radius 1 is 1.12 bits per heavy atom. The molecule has 2 rings (SSSR count). The molecule has 0 aliphatic rings. The molecule has 0 aliphatic heterocycles. The summed E-state index contributed by atoms with van der Waals surface area (Å²) in [5, 5.41) is 0. The number of pyridine rings is 1. The van der Waals surface area contributed by atoms with Crippen LogP contribution in [-0.2, 0) is 6.18 Å². The number of aromatic amines is 1. The molecule has 0 aliphatic carbocycles. The molecule has 2 aromatic rings. The second kappa shape index (κ2) is 3.51. The van der Waals surface area contributed by atoms with E-state index in [0.717, 1.165) is 12.3 Å². The molecular formula is C9H7F3N4. The van der Waals surface area contributed by atoms with E-state index in [0.29, 0.717) is 11.3 Å². The zero-order valence-corrected chi connectivity index (χ0v) is 7.92. The Kier molecular flexibility index (Phi) is 2.30. The van der Waals surface area contributed by atoms with E-state index >= 15 is 0 Å². The lowest BCUT2D eigenvalue weighted by atomic mass is 10.2. The molecule has 0 radical (unpaired) electrons. The fourth-order valence-corrected chi connectivity index (χ4v) is 1.20. The maximum atomic E-state index is 12.2. The summed E-state index contributed by atoms with van der Waals surface area (Å²) in [6.07, 6.45) is -1.87. The number of nitrogens with zero attached hydrogens (tertiary/aromatic N) is 2. The highest BCUT2D eigenvalue weighted by molar-refractivity contribution is 5.58. The molecule has 0 spiro atoms. The van der Waals surface area contributed by atoms with E-state index in [1.807, 2.05) is 0 Å². The van der Waals surface area contributed by atoms with Crippen molar-refractivity contribution in [1.29, 1.82) is 0 Å². The first-order chi connectivity index (χ1) is 7.47. The van der Waals surface area contributed by atoms with Crippen LogP contribution in [0.1, 0.15) is 5.69 Å². The Bertz CT molecular complexity index is 486. The molecule has 0 saturated heterocycles. The van der Waals surface area contributed by atoms with Crippen LogP contribution in [0, 0.1) is 0 Å². The zero-order valence-electron chi connectivity index (χ0n) is 7.92. The molecule has 0 unspecified atom stereocenters. The summed E-state index contributed by atoms with van der Waals surface area (Å²) in [5.74, 6) is 0.204. The summed E-state index contributed by atoms with van der Waals surface area (Å²) in [6.45, 7) is 0. The maximum absolute atomic E-state index is 12.2. The number of H-pyrrole nitrogens is 1. The highest BCUT2D eigenvalue weighted by Crippen LogP contribution is 2.28. The summed E-state index contributed by atoms with van der Waals surface area (Å²) in [7, 11) is 0. The van der Waals surface area contributed by atoms with Crippen LogP contribution in [0.4, 0.5) is 19.1 Å². The highest BCUT2D eigenvalue weighted by atomic mass is 19.4. The van der Waals surface area contributed by atoms with Crippen LogP contribution in [0.15, 0.2) is 24.5 Å². The quantitative estimate of drug-likeness (QED) is 0.785. The van der Waals surface area contributed by atoms with E-state index < -0.39 is 11.9 Å². The van der Waals surface area contributed by atoms with E-state index in [1.165, 1.54) is 12.3 Å². The summed E-state index contributed by atoms with van der Waals surface area (Å²) in [4.78, 5) is 9.75. The summed E-state index contributed by atoms with van der Waals surface area (Å²) in [6, 6.07) is 2.22. The fraction of sp³-hybridized carbons (Fsp3) is 0.111. The number of hydrogen-bond acceptors (Lipinski definition) is 3. The lowest BCUT2D eigenvalue weighted by Crippen LogP contribution is -2.07. The summed E-state index contributed by atoms with van der Waals surface area (Å²) in [5.41, 5.74) is 5.44. The number of imidazole rings is 1. The molecular weight excluding hydrogens is 221 g/mol. The van der Waals surface area contributed by atoms with Gasteiger partial charge < -0.3 is 10.7 Å². The minimum atomic E-state index is -4.43. The van der Waals surface area contributed by atoms with Crippen molar-refractivity contribution in [3.05, 3.63) is 30.2 Å². The zero-order chi connectivity index (χ0) is 11.8. The smallest absolute Gasteiger partial charge is 0.369 e. The van der Waals surface area contributed by atoms with Crippen LogP contribution < -0.4 is 5.73 Å². The van der Waals surface area contributed by atoms with Gasteiger partial charge >= 0.3 is 6.18 Å². The molecule has 0 amide bonds. The third-order valence-electron chi connectivity index (χ3n) is 1.96. The van der Waals surface area contributed by atoms with Gasteiger partial charge in [-0.15, -0.1) is 0 Å². The number of nitrogens with one attached hydrogen (secondary N) is 1. The van der Waals surface area contributed by atoms with Gasteiger partial charge in [0.1, 0.15) is 5.69 Å². The summed E-state index contributed by atoms with van der Waals surface area (Å²) < 4.78 is 36.7. The highest BCUT2D eigenvalue weighted by Gasteiger charge is 2.32. The first-order valence-electron chi connectivity index (χ1n) is 4.31. The van der Waals surface area contributed by atoms with Gasteiger partial charge in [0, 0.05) is 11.8 Å². The minimum absolute atomic E-state index is 0.204. The molecule has 3 N–H and O–H groups in total. The molecule has 0 fully saturated rings. The molecule has 2 aromatic heterocycles. The van der Waals surface area contributed by atoms with Crippen LogP contribution >= 0.6 is 0 Å². The van der Waals surface area contributed by atoms with Gasteiger partial charge in [-0.1, -0.05) is 0 Å². The minimum Gasteiger partial charge on any atom is -0.369 e. The normalized spacial score (nSPS) is 11.7. The van der Waals surface area contributed by atoms with E-state index in [-0.39, 0.29) is 5.95 Å². The molecule has 2 heterocycles. The van der Waals surface area contributed by atoms with Crippen molar-refractivity contribution in [2.75, 3.05) is 5.73 Å². The Morgan fingerprint density at radius 3 is 2.31 bits per heavy atom. The van der Waals surface area contributed by atoms with E-state index in [1.54, 1.807) is 0 Å². The average Bonchev–Trinajstić information content (AvgIpc) is 2.64. The lowest BCUT2D eigenvalue weighted by Gasteiger charge is -2.05. The van der Waals surface area contributed by atoms with Crippen molar-refractivity contribution in [3.8, 4) is 11.3 Å². The van der Waals surface area contributed by atoms with E-state index in [4.69, 9.17) is 5.73 Å². The third kappa shape index (κ3) is 1.97. The number of hydrogen-bond donors (Lipinski definition) is 2. The van der Waals surface area contributed by atoms with Gasteiger partial charge in [0.05, 0.1) is 11.9 Å². The Balaban J connectivity index is 2.33. The number of nitrogens with two attached hydrogens (primary N) is 1. The van der Waals surface area contributed by atoms with Crippen molar-refractivity contribution in [1.82, 2.24) is 15.0 Å². The average molecular weight is 228 g/mol. The number of rotatable bonds is 1. The van der Waals surface area contributed by atoms with Crippen molar-refractivity contribution in [2.45, 2.75) is 6.18 Å². The van der Waals surface area contributed by atoms with Crippen LogP contribution in [0.25, 0.3) is 11.3 Å². The molecule has 84 valence electrons. The predicted octanol–water partition coefficient (Wildman–Crippen LogP) is 2.07. The van der Waals surface area contributed by atoms with Crippen molar-refractivity contribution in [2.24, 2.45) is 0 Å². The largest absolute Gasteiger partial charge is 0.433 e. The third-order valence-corrected chi connectivity index (χ3v) is 1.96. The Labute approximate surface area is 88.3 Å². The molecule has 0 bridgehead atoms. The molecule has 0 atom stereocenters. The molecule has 0 saturated carbocycles. The second-order valence-corrected chi connectivity index (χ2v) is 3.11. The predicted molar refractivity (Wildman–Crippen MR) is 51.2 cm³/mol.